The van der Waals surface area contributed by atoms with Crippen LogP contribution in [0.2, 0.25) is 0 Å². The maximum atomic E-state index is 6.55. The highest BCUT2D eigenvalue weighted by Gasteiger charge is 2.61. The molecule has 4 nitrogen and oxygen atoms in total. The Morgan fingerprint density at radius 2 is 1.11 bits per heavy atom. The van der Waals surface area contributed by atoms with Gasteiger partial charge >= 0.3 is 8.56 Å². The van der Waals surface area contributed by atoms with Crippen LogP contribution in [0.1, 0.15) is 65.2 Å². The number of rotatable bonds is 4. The monoisotopic (exact) mass is 394 g/mol. The first-order chi connectivity index (χ1) is 13.1. The molecule has 2 saturated heterocycles. The fraction of sp³-hybridized carbons (Fsp3) is 1.00. The zero-order chi connectivity index (χ0) is 19.0. The fourth-order valence-corrected chi connectivity index (χ4v) is 12.4. The van der Waals surface area contributed by atoms with Crippen LogP contribution in [0.5, 0.6) is 0 Å². The van der Waals surface area contributed by atoms with Gasteiger partial charge in [-0.2, -0.15) is 0 Å². The number of nitrogens with one attached hydrogen (secondary N) is 2. The number of fused-ring (bicyclic) bond motifs is 2. The predicted molar refractivity (Wildman–Crippen MR) is 113 cm³/mol. The van der Waals surface area contributed by atoms with Crippen LogP contribution in [0.4, 0.5) is 0 Å². The van der Waals surface area contributed by atoms with E-state index in [1.165, 1.54) is 51.4 Å². The van der Waals surface area contributed by atoms with Crippen LogP contribution >= 0.6 is 0 Å². The van der Waals surface area contributed by atoms with Crippen molar-refractivity contribution < 1.29 is 8.85 Å². The quantitative estimate of drug-likeness (QED) is 0.715. The highest BCUT2D eigenvalue weighted by molar-refractivity contribution is 6.71. The zero-order valence-corrected chi connectivity index (χ0v) is 19.0. The SMILES string of the molecule is CO[Si](OC)(C1NCCC2CCCC(C)C21)C1NCCC2CCCC(C)C21. The lowest BCUT2D eigenvalue weighted by molar-refractivity contribution is 0.0496. The lowest BCUT2D eigenvalue weighted by Gasteiger charge is -2.56. The molecule has 8 unspecified atom stereocenters. The molecule has 4 rings (SSSR count). The minimum Gasteiger partial charge on any atom is -0.396 e. The van der Waals surface area contributed by atoms with Crippen LogP contribution in [0.3, 0.4) is 0 Å². The number of piperidine rings is 2. The third-order valence-electron chi connectivity index (χ3n) is 8.91. The van der Waals surface area contributed by atoms with Gasteiger partial charge in [0.2, 0.25) is 0 Å². The van der Waals surface area contributed by atoms with E-state index in [2.05, 4.69) is 24.5 Å². The second kappa shape index (κ2) is 8.43. The van der Waals surface area contributed by atoms with Gasteiger partial charge in [-0.05, 0) is 61.4 Å². The van der Waals surface area contributed by atoms with E-state index in [0.717, 1.165) is 48.6 Å². The summed E-state index contributed by atoms with van der Waals surface area (Å²) < 4.78 is 13.1. The lowest BCUT2D eigenvalue weighted by atomic mass is 9.69. The molecule has 0 amide bonds. The van der Waals surface area contributed by atoms with E-state index in [1.54, 1.807) is 0 Å². The van der Waals surface area contributed by atoms with Crippen LogP contribution in [0, 0.1) is 35.5 Å². The standard InChI is InChI=1S/C22H42N2O2Si/c1-15-7-5-9-17-11-13-23-21(19(15)17)27(25-3,26-4)22-20-16(2)8-6-10-18(20)12-14-24-22/h15-24H,5-14H2,1-4H3. The largest absolute Gasteiger partial charge is 0.396 e. The molecule has 2 aliphatic carbocycles. The molecule has 2 aliphatic heterocycles. The summed E-state index contributed by atoms with van der Waals surface area (Å²) >= 11 is 0. The van der Waals surface area contributed by atoms with E-state index in [0.29, 0.717) is 11.3 Å². The first kappa shape index (κ1) is 20.3. The lowest BCUT2D eigenvalue weighted by Crippen LogP contribution is -2.77. The minimum atomic E-state index is -2.46. The summed E-state index contributed by atoms with van der Waals surface area (Å²) in [6, 6.07) is 0. The normalized spacial score (nSPS) is 45.8. The molecule has 0 aromatic heterocycles. The molecular formula is C22H42N2O2Si. The zero-order valence-electron chi connectivity index (χ0n) is 18.0. The van der Waals surface area contributed by atoms with Crippen molar-refractivity contribution >= 4 is 8.56 Å². The van der Waals surface area contributed by atoms with Gasteiger partial charge in [-0.1, -0.05) is 52.4 Å². The maximum Gasteiger partial charge on any atom is 0.373 e. The Morgan fingerprint density at radius 3 is 1.52 bits per heavy atom. The summed E-state index contributed by atoms with van der Waals surface area (Å²) in [7, 11) is 1.44. The molecule has 0 aromatic carbocycles. The Labute approximate surface area is 167 Å². The Bertz CT molecular complexity index is 457. The molecule has 2 N–H and O–H groups in total. The highest BCUT2D eigenvalue weighted by Crippen LogP contribution is 2.48. The average Bonchev–Trinajstić information content (AvgIpc) is 2.70. The Hall–Kier alpha value is 0.0569. The Morgan fingerprint density at radius 1 is 0.667 bits per heavy atom. The van der Waals surface area contributed by atoms with Gasteiger partial charge in [0.1, 0.15) is 0 Å². The number of hydrogen-bond acceptors (Lipinski definition) is 4. The molecular weight excluding hydrogens is 352 g/mol. The van der Waals surface area contributed by atoms with Gasteiger partial charge in [-0.25, -0.2) is 0 Å². The smallest absolute Gasteiger partial charge is 0.373 e. The maximum absolute atomic E-state index is 6.55. The van der Waals surface area contributed by atoms with Crippen LogP contribution < -0.4 is 10.6 Å². The van der Waals surface area contributed by atoms with Crippen molar-refractivity contribution in [2.75, 3.05) is 27.3 Å². The molecule has 8 atom stereocenters. The van der Waals surface area contributed by atoms with E-state index >= 15 is 0 Å². The Balaban J connectivity index is 1.68. The highest BCUT2D eigenvalue weighted by atomic mass is 28.4. The molecule has 0 bridgehead atoms. The fourth-order valence-electron chi connectivity index (χ4n) is 7.70. The molecule has 0 aromatic rings. The minimum absolute atomic E-state index is 0.423. The molecule has 156 valence electrons. The van der Waals surface area contributed by atoms with E-state index in [-0.39, 0.29) is 0 Å². The van der Waals surface area contributed by atoms with E-state index in [1.807, 2.05) is 14.2 Å². The van der Waals surface area contributed by atoms with E-state index in [9.17, 15) is 0 Å². The molecule has 2 heterocycles. The van der Waals surface area contributed by atoms with Gasteiger partial charge in [0, 0.05) is 14.2 Å². The van der Waals surface area contributed by atoms with Crippen LogP contribution in [0.15, 0.2) is 0 Å². The molecule has 0 radical (unpaired) electrons. The summed E-state index contributed by atoms with van der Waals surface area (Å²) in [5.41, 5.74) is 0.846. The van der Waals surface area contributed by atoms with Crippen molar-refractivity contribution in [1.82, 2.24) is 10.6 Å². The van der Waals surface area contributed by atoms with Gasteiger partial charge in [-0.3, -0.25) is 0 Å². The van der Waals surface area contributed by atoms with Crippen molar-refractivity contribution in [1.29, 1.82) is 0 Å². The van der Waals surface area contributed by atoms with Gasteiger partial charge in [-0.15, -0.1) is 0 Å². The second-order valence-electron chi connectivity index (χ2n) is 10.1. The summed E-state index contributed by atoms with van der Waals surface area (Å²) in [6.45, 7) is 7.25. The average molecular weight is 395 g/mol. The van der Waals surface area contributed by atoms with Gasteiger partial charge in [0.05, 0.1) is 11.3 Å². The van der Waals surface area contributed by atoms with E-state index < -0.39 is 8.56 Å². The molecule has 2 saturated carbocycles. The predicted octanol–water partition coefficient (Wildman–Crippen LogP) is 3.63. The van der Waals surface area contributed by atoms with Gasteiger partial charge in [0.25, 0.3) is 0 Å². The molecule has 27 heavy (non-hydrogen) atoms. The molecule has 5 heteroatoms. The first-order valence-electron chi connectivity index (χ1n) is 11.7. The first-order valence-corrected chi connectivity index (χ1v) is 13.7. The van der Waals surface area contributed by atoms with Crippen molar-refractivity contribution in [2.45, 2.75) is 76.5 Å². The van der Waals surface area contributed by atoms with Crippen molar-refractivity contribution in [3.05, 3.63) is 0 Å². The van der Waals surface area contributed by atoms with Crippen LogP contribution in [-0.4, -0.2) is 47.2 Å². The third kappa shape index (κ3) is 3.46. The van der Waals surface area contributed by atoms with Crippen molar-refractivity contribution in [3.8, 4) is 0 Å². The summed E-state index contributed by atoms with van der Waals surface area (Å²) in [4.78, 5) is 0. The van der Waals surface area contributed by atoms with Gasteiger partial charge in [0.15, 0.2) is 0 Å². The van der Waals surface area contributed by atoms with Crippen molar-refractivity contribution in [2.24, 2.45) is 35.5 Å². The molecule has 4 fully saturated rings. The third-order valence-corrected chi connectivity index (χ3v) is 13.1. The second-order valence-corrected chi connectivity index (χ2v) is 13.6. The van der Waals surface area contributed by atoms with Crippen molar-refractivity contribution in [3.63, 3.8) is 0 Å². The summed E-state index contributed by atoms with van der Waals surface area (Å²) in [5, 5.41) is 7.94. The van der Waals surface area contributed by atoms with Gasteiger partial charge < -0.3 is 19.5 Å². The topological polar surface area (TPSA) is 42.5 Å². The number of hydrogen-bond donors (Lipinski definition) is 2. The molecule has 0 spiro atoms. The molecule has 4 aliphatic rings. The van der Waals surface area contributed by atoms with Crippen LogP contribution in [0.25, 0.3) is 0 Å². The summed E-state index contributed by atoms with van der Waals surface area (Å²) in [6.07, 6.45) is 11.1. The summed E-state index contributed by atoms with van der Waals surface area (Å²) in [5.74, 6) is 4.73. The van der Waals surface area contributed by atoms with E-state index in [4.69, 9.17) is 8.85 Å². The Kier molecular flexibility index (Phi) is 6.35. The van der Waals surface area contributed by atoms with Crippen LogP contribution in [-0.2, 0) is 8.85 Å².